The molecule has 0 spiro atoms. The molecule has 0 N–H and O–H groups in total. The average molecular weight is 373 g/mol. The number of methoxy groups -OCH3 is 2. The van der Waals surface area contributed by atoms with E-state index in [1.165, 1.54) is 7.11 Å². The van der Waals surface area contributed by atoms with Crippen LogP contribution in [-0.2, 0) is 24.8 Å². The van der Waals surface area contributed by atoms with Crippen molar-refractivity contribution in [3.05, 3.63) is 40.7 Å². The first-order chi connectivity index (χ1) is 13.0. The van der Waals surface area contributed by atoms with Crippen molar-refractivity contribution in [2.75, 3.05) is 27.4 Å². The number of fused-ring (bicyclic) bond motifs is 1. The second-order valence-corrected chi connectivity index (χ2v) is 6.16. The fourth-order valence-electron chi connectivity index (χ4n) is 3.28. The first kappa shape index (κ1) is 18.8. The number of carbonyl (C=O) groups is 2. The van der Waals surface area contributed by atoms with Gasteiger partial charge in [0.05, 0.1) is 27.4 Å². The predicted octanol–water partition coefficient (Wildman–Crippen LogP) is 1.81. The molecular formula is C19H23N3O5. The summed E-state index contributed by atoms with van der Waals surface area (Å²) < 4.78 is 17.3. The zero-order valence-electron chi connectivity index (χ0n) is 15.9. The maximum Gasteiger partial charge on any atom is 0.359 e. The third-order valence-electron chi connectivity index (χ3n) is 4.63. The number of rotatable bonds is 5. The van der Waals surface area contributed by atoms with Crippen LogP contribution in [0.5, 0.6) is 11.5 Å². The second-order valence-electron chi connectivity index (χ2n) is 6.16. The van der Waals surface area contributed by atoms with Crippen molar-refractivity contribution < 1.29 is 23.8 Å². The predicted molar refractivity (Wildman–Crippen MR) is 97.2 cm³/mol. The van der Waals surface area contributed by atoms with Crippen molar-refractivity contribution in [1.29, 1.82) is 0 Å². The Morgan fingerprint density at radius 1 is 1.19 bits per heavy atom. The topological polar surface area (TPSA) is 82.9 Å². The van der Waals surface area contributed by atoms with Gasteiger partial charge in [-0.3, -0.25) is 9.48 Å². The molecule has 0 saturated carbocycles. The van der Waals surface area contributed by atoms with Crippen molar-refractivity contribution in [2.45, 2.75) is 19.9 Å². The summed E-state index contributed by atoms with van der Waals surface area (Å²) in [7, 11) is 4.87. The lowest BCUT2D eigenvalue weighted by atomic mass is 10.0. The molecule has 1 aromatic carbocycles. The van der Waals surface area contributed by atoms with Crippen LogP contribution in [0.25, 0.3) is 0 Å². The van der Waals surface area contributed by atoms with Gasteiger partial charge in [-0.25, -0.2) is 4.79 Å². The van der Waals surface area contributed by atoms with E-state index < -0.39 is 5.97 Å². The number of ether oxygens (including phenoxy) is 3. The molecule has 8 heteroatoms. The van der Waals surface area contributed by atoms with Gasteiger partial charge in [-0.15, -0.1) is 0 Å². The van der Waals surface area contributed by atoms with E-state index in [4.69, 9.17) is 14.2 Å². The maximum absolute atomic E-state index is 13.0. The molecule has 0 aliphatic carbocycles. The highest BCUT2D eigenvalue weighted by Crippen LogP contribution is 2.29. The summed E-state index contributed by atoms with van der Waals surface area (Å²) in [6.45, 7) is 2.88. The van der Waals surface area contributed by atoms with Crippen molar-refractivity contribution >= 4 is 11.9 Å². The molecule has 1 aromatic heterocycles. The monoisotopic (exact) mass is 373 g/mol. The van der Waals surface area contributed by atoms with Gasteiger partial charge in [0.2, 0.25) is 0 Å². The summed E-state index contributed by atoms with van der Waals surface area (Å²) in [5.74, 6) is 0.455. The SMILES string of the molecule is CCOC(=O)c1nn(C)c2c1CN(C(=O)c1ccc(OC)c(OC)c1)CC2. The van der Waals surface area contributed by atoms with Crippen LogP contribution in [0.2, 0.25) is 0 Å². The number of benzene rings is 1. The number of carbonyl (C=O) groups excluding carboxylic acids is 2. The summed E-state index contributed by atoms with van der Waals surface area (Å²) in [6, 6.07) is 5.07. The molecular weight excluding hydrogens is 350 g/mol. The van der Waals surface area contributed by atoms with E-state index in [1.807, 2.05) is 0 Å². The van der Waals surface area contributed by atoms with Gasteiger partial charge in [-0.1, -0.05) is 0 Å². The molecule has 1 aliphatic heterocycles. The molecule has 2 aromatic rings. The van der Waals surface area contributed by atoms with Crippen molar-refractivity contribution in [3.8, 4) is 11.5 Å². The Kier molecular flexibility index (Phi) is 5.34. The Bertz CT molecular complexity index is 874. The Morgan fingerprint density at radius 3 is 2.59 bits per heavy atom. The number of esters is 1. The molecule has 0 radical (unpaired) electrons. The third-order valence-corrected chi connectivity index (χ3v) is 4.63. The van der Waals surface area contributed by atoms with E-state index >= 15 is 0 Å². The summed E-state index contributed by atoms with van der Waals surface area (Å²) in [6.07, 6.45) is 0.622. The Balaban J connectivity index is 1.87. The lowest BCUT2D eigenvalue weighted by Crippen LogP contribution is -2.36. The average Bonchev–Trinajstić information content (AvgIpc) is 3.03. The molecule has 0 saturated heterocycles. The standard InChI is InChI=1S/C19H23N3O5/c1-5-27-19(24)17-13-11-22(9-8-14(13)21(2)20-17)18(23)12-6-7-15(25-3)16(10-12)26-4/h6-7,10H,5,8-9,11H2,1-4H3. The number of hydrogen-bond acceptors (Lipinski definition) is 6. The molecule has 0 unspecified atom stereocenters. The molecule has 0 fully saturated rings. The smallest absolute Gasteiger partial charge is 0.359 e. The van der Waals surface area contributed by atoms with E-state index in [-0.39, 0.29) is 18.2 Å². The minimum Gasteiger partial charge on any atom is -0.493 e. The van der Waals surface area contributed by atoms with Gasteiger partial charge in [0.15, 0.2) is 17.2 Å². The number of aromatic nitrogens is 2. The summed E-state index contributed by atoms with van der Waals surface area (Å²) in [5, 5.41) is 4.29. The minimum absolute atomic E-state index is 0.139. The molecule has 1 amide bonds. The van der Waals surface area contributed by atoms with Gasteiger partial charge in [0, 0.05) is 36.8 Å². The van der Waals surface area contributed by atoms with Gasteiger partial charge in [0.25, 0.3) is 5.91 Å². The molecule has 2 heterocycles. The quantitative estimate of drug-likeness (QED) is 0.744. The lowest BCUT2D eigenvalue weighted by Gasteiger charge is -2.27. The fourth-order valence-corrected chi connectivity index (χ4v) is 3.28. The van der Waals surface area contributed by atoms with Crippen LogP contribution in [-0.4, -0.2) is 53.9 Å². The summed E-state index contributed by atoms with van der Waals surface area (Å²) in [4.78, 5) is 26.9. The molecule has 27 heavy (non-hydrogen) atoms. The lowest BCUT2D eigenvalue weighted by molar-refractivity contribution is 0.0513. The first-order valence-corrected chi connectivity index (χ1v) is 8.73. The first-order valence-electron chi connectivity index (χ1n) is 8.73. The zero-order chi connectivity index (χ0) is 19.6. The van der Waals surface area contributed by atoms with Crippen molar-refractivity contribution in [2.24, 2.45) is 7.05 Å². The van der Waals surface area contributed by atoms with Crippen LogP contribution >= 0.6 is 0 Å². The van der Waals surface area contributed by atoms with E-state index in [1.54, 1.807) is 48.9 Å². The van der Waals surface area contributed by atoms with Crippen LogP contribution in [0.1, 0.15) is 39.0 Å². The summed E-state index contributed by atoms with van der Waals surface area (Å²) in [5.41, 5.74) is 2.47. The van der Waals surface area contributed by atoms with E-state index in [0.29, 0.717) is 36.6 Å². The Hall–Kier alpha value is -3.03. The molecule has 8 nitrogen and oxygen atoms in total. The molecule has 0 bridgehead atoms. The summed E-state index contributed by atoms with van der Waals surface area (Å²) >= 11 is 0. The number of aryl methyl sites for hydroxylation is 1. The van der Waals surface area contributed by atoms with Crippen LogP contribution < -0.4 is 9.47 Å². The highest BCUT2D eigenvalue weighted by atomic mass is 16.5. The van der Waals surface area contributed by atoms with Crippen molar-refractivity contribution in [1.82, 2.24) is 14.7 Å². The van der Waals surface area contributed by atoms with Crippen LogP contribution in [0.15, 0.2) is 18.2 Å². The molecule has 0 atom stereocenters. The van der Waals surface area contributed by atoms with E-state index in [9.17, 15) is 9.59 Å². The van der Waals surface area contributed by atoms with Crippen LogP contribution in [0.4, 0.5) is 0 Å². The zero-order valence-corrected chi connectivity index (χ0v) is 15.9. The normalized spacial score (nSPS) is 13.1. The largest absolute Gasteiger partial charge is 0.493 e. The maximum atomic E-state index is 13.0. The second kappa shape index (κ2) is 7.69. The Morgan fingerprint density at radius 2 is 1.93 bits per heavy atom. The molecule has 3 rings (SSSR count). The number of hydrogen-bond donors (Lipinski definition) is 0. The van der Waals surface area contributed by atoms with Crippen LogP contribution in [0.3, 0.4) is 0 Å². The van der Waals surface area contributed by atoms with Gasteiger partial charge < -0.3 is 19.1 Å². The molecule has 144 valence electrons. The number of amides is 1. The van der Waals surface area contributed by atoms with Gasteiger partial charge in [-0.05, 0) is 25.1 Å². The number of nitrogens with zero attached hydrogens (tertiary/aromatic N) is 3. The van der Waals surface area contributed by atoms with E-state index in [2.05, 4.69) is 5.10 Å². The van der Waals surface area contributed by atoms with Gasteiger partial charge >= 0.3 is 5.97 Å². The minimum atomic E-state index is -0.463. The Labute approximate surface area is 157 Å². The highest BCUT2D eigenvalue weighted by molar-refractivity contribution is 5.95. The highest BCUT2D eigenvalue weighted by Gasteiger charge is 2.30. The fraction of sp³-hybridized carbons (Fsp3) is 0.421. The van der Waals surface area contributed by atoms with Gasteiger partial charge in [-0.2, -0.15) is 5.10 Å². The third kappa shape index (κ3) is 3.47. The van der Waals surface area contributed by atoms with Crippen molar-refractivity contribution in [3.63, 3.8) is 0 Å². The van der Waals surface area contributed by atoms with E-state index in [0.717, 1.165) is 11.3 Å². The van der Waals surface area contributed by atoms with Crippen LogP contribution in [0, 0.1) is 0 Å². The molecule has 1 aliphatic rings. The van der Waals surface area contributed by atoms with Gasteiger partial charge in [0.1, 0.15) is 0 Å².